The van der Waals surface area contributed by atoms with Crippen molar-refractivity contribution in [3.05, 3.63) is 65.5 Å². The van der Waals surface area contributed by atoms with Crippen LogP contribution in [-0.4, -0.2) is 68.6 Å². The summed E-state index contributed by atoms with van der Waals surface area (Å²) in [5.41, 5.74) is 0.472. The second-order valence-corrected chi connectivity index (χ2v) is 11.9. The summed E-state index contributed by atoms with van der Waals surface area (Å²) >= 11 is 0. The zero-order valence-electron chi connectivity index (χ0n) is 25.5. The van der Waals surface area contributed by atoms with Crippen molar-refractivity contribution in [3.8, 4) is 5.75 Å². The van der Waals surface area contributed by atoms with Gasteiger partial charge in [-0.15, -0.1) is 0 Å². The fourth-order valence-corrected chi connectivity index (χ4v) is 5.65. The third kappa shape index (κ3) is 9.01. The molecule has 0 saturated carbocycles. The molecule has 10 nitrogen and oxygen atoms in total. The van der Waals surface area contributed by atoms with Gasteiger partial charge in [0.2, 0.25) is 17.7 Å². The lowest BCUT2D eigenvalue weighted by Gasteiger charge is -2.38. The number of hydrogen-bond acceptors (Lipinski definition) is 6. The molecule has 2 aliphatic rings. The highest BCUT2D eigenvalue weighted by molar-refractivity contribution is 5.99. The number of para-hydroxylation sites is 1. The maximum atomic E-state index is 14.2. The van der Waals surface area contributed by atoms with E-state index in [1.54, 1.807) is 30.3 Å². The van der Waals surface area contributed by atoms with E-state index < -0.39 is 35.2 Å². The molecule has 2 aliphatic heterocycles. The van der Waals surface area contributed by atoms with Crippen molar-refractivity contribution in [2.24, 2.45) is 5.92 Å². The summed E-state index contributed by atoms with van der Waals surface area (Å²) in [6.07, 6.45) is 2.02. The first-order chi connectivity index (χ1) is 21.2. The highest BCUT2D eigenvalue weighted by Gasteiger charge is 2.36. The second-order valence-electron chi connectivity index (χ2n) is 11.9. The van der Waals surface area contributed by atoms with Gasteiger partial charge in [0.15, 0.2) is 0 Å². The minimum Gasteiger partial charge on any atom is -0.493 e. The lowest BCUT2D eigenvalue weighted by molar-refractivity contribution is -0.130. The van der Waals surface area contributed by atoms with Gasteiger partial charge in [-0.2, -0.15) is 0 Å². The van der Waals surface area contributed by atoms with Crippen LogP contribution in [0, 0.1) is 11.7 Å². The number of nitrogens with one attached hydrogen (secondary N) is 4. The van der Waals surface area contributed by atoms with Crippen LogP contribution in [0.4, 0.5) is 4.39 Å². The molecule has 2 atom stereocenters. The van der Waals surface area contributed by atoms with Crippen molar-refractivity contribution in [1.82, 2.24) is 21.3 Å². The maximum Gasteiger partial charge on any atom is 0.255 e. The summed E-state index contributed by atoms with van der Waals surface area (Å²) in [5, 5.41) is 11.4. The van der Waals surface area contributed by atoms with Crippen LogP contribution in [0.3, 0.4) is 0 Å². The summed E-state index contributed by atoms with van der Waals surface area (Å²) in [6.45, 7) is 5.67. The SMILES string of the molecule is CC(C)C[C@H]1NC(=O)CC[C@@H](C(=O)NCC2(c3cccc(F)c3)CCOCC2)NC(=O)c2ccccc2OCCCNC1=O. The topological polar surface area (TPSA) is 135 Å². The van der Waals surface area contributed by atoms with Crippen LogP contribution in [-0.2, 0) is 24.5 Å². The van der Waals surface area contributed by atoms with Gasteiger partial charge in [0.05, 0.1) is 12.2 Å². The van der Waals surface area contributed by atoms with Crippen molar-refractivity contribution in [2.45, 2.75) is 69.9 Å². The zero-order valence-corrected chi connectivity index (χ0v) is 25.5. The van der Waals surface area contributed by atoms with Gasteiger partial charge < -0.3 is 30.7 Å². The Morgan fingerprint density at radius 3 is 2.57 bits per heavy atom. The molecule has 44 heavy (non-hydrogen) atoms. The fraction of sp³-hybridized carbons (Fsp3) is 0.515. The first-order valence-electron chi connectivity index (χ1n) is 15.4. The Morgan fingerprint density at radius 2 is 1.82 bits per heavy atom. The predicted octanol–water partition coefficient (Wildman–Crippen LogP) is 3.00. The smallest absolute Gasteiger partial charge is 0.255 e. The van der Waals surface area contributed by atoms with Crippen LogP contribution in [0.1, 0.15) is 68.3 Å². The van der Waals surface area contributed by atoms with Crippen LogP contribution in [0.5, 0.6) is 5.75 Å². The Labute approximate surface area is 257 Å². The lowest BCUT2D eigenvalue weighted by atomic mass is 9.74. The van der Waals surface area contributed by atoms with E-state index in [0.29, 0.717) is 51.2 Å². The van der Waals surface area contributed by atoms with Gasteiger partial charge in [0, 0.05) is 38.1 Å². The Hall–Kier alpha value is -3.99. The molecule has 4 rings (SSSR count). The van der Waals surface area contributed by atoms with E-state index in [0.717, 1.165) is 5.56 Å². The molecule has 4 amide bonds. The van der Waals surface area contributed by atoms with Crippen molar-refractivity contribution >= 4 is 23.6 Å². The monoisotopic (exact) mass is 610 g/mol. The molecule has 0 radical (unpaired) electrons. The summed E-state index contributed by atoms with van der Waals surface area (Å²) in [4.78, 5) is 53.1. The van der Waals surface area contributed by atoms with E-state index in [9.17, 15) is 23.6 Å². The molecule has 2 aromatic rings. The molecule has 0 bridgehead atoms. The summed E-state index contributed by atoms with van der Waals surface area (Å²) < 4.78 is 25.6. The van der Waals surface area contributed by atoms with Crippen LogP contribution in [0.15, 0.2) is 48.5 Å². The molecular weight excluding hydrogens is 567 g/mol. The molecule has 238 valence electrons. The van der Waals surface area contributed by atoms with Gasteiger partial charge in [-0.1, -0.05) is 38.1 Å². The average Bonchev–Trinajstić information content (AvgIpc) is 3.01. The Balaban J connectivity index is 1.56. The number of hydrogen-bond donors (Lipinski definition) is 4. The molecule has 0 aliphatic carbocycles. The fourth-order valence-electron chi connectivity index (χ4n) is 5.65. The van der Waals surface area contributed by atoms with E-state index >= 15 is 0 Å². The number of rotatable bonds is 6. The van der Waals surface area contributed by atoms with E-state index in [2.05, 4.69) is 21.3 Å². The number of halogens is 1. The van der Waals surface area contributed by atoms with Crippen molar-refractivity contribution in [2.75, 3.05) is 32.9 Å². The molecule has 2 heterocycles. The maximum absolute atomic E-state index is 14.2. The molecule has 0 aromatic heterocycles. The average molecular weight is 611 g/mol. The summed E-state index contributed by atoms with van der Waals surface area (Å²) in [7, 11) is 0. The molecule has 2 aromatic carbocycles. The molecule has 0 spiro atoms. The van der Waals surface area contributed by atoms with Gasteiger partial charge >= 0.3 is 0 Å². The Bertz CT molecular complexity index is 1310. The van der Waals surface area contributed by atoms with Crippen molar-refractivity contribution in [3.63, 3.8) is 0 Å². The van der Waals surface area contributed by atoms with Gasteiger partial charge in [0.1, 0.15) is 23.7 Å². The molecule has 0 unspecified atom stereocenters. The standard InChI is InChI=1S/C33H43FN4O6/c1-22(2)19-27-32(42)35-15-6-16-44-28-10-4-3-9-25(28)30(40)38-26(11-12-29(39)37-27)31(41)36-21-33(13-17-43-18-14-33)23-7-5-8-24(34)20-23/h3-5,7-10,20,22,26-27H,6,11-19,21H2,1-2H3,(H,35,42)(H,36,41)(H,37,39)(H,38,40)/t26-,27+/m0/s1. The number of carbonyl (C=O) groups excluding carboxylic acids is 4. The highest BCUT2D eigenvalue weighted by Crippen LogP contribution is 2.34. The lowest BCUT2D eigenvalue weighted by Crippen LogP contribution is -2.52. The Kier molecular flexibility index (Phi) is 11.7. The van der Waals surface area contributed by atoms with Crippen molar-refractivity contribution in [1.29, 1.82) is 0 Å². The van der Waals surface area contributed by atoms with E-state index in [4.69, 9.17) is 9.47 Å². The van der Waals surface area contributed by atoms with Gasteiger partial charge in [-0.25, -0.2) is 4.39 Å². The van der Waals surface area contributed by atoms with Crippen LogP contribution >= 0.6 is 0 Å². The molecule has 1 fully saturated rings. The van der Waals surface area contributed by atoms with E-state index in [-0.39, 0.29) is 49.2 Å². The number of ether oxygens (including phenoxy) is 2. The first-order valence-corrected chi connectivity index (χ1v) is 15.4. The van der Waals surface area contributed by atoms with E-state index in [1.807, 2.05) is 19.9 Å². The molecular formula is C33H43FN4O6. The van der Waals surface area contributed by atoms with Crippen LogP contribution in [0.25, 0.3) is 0 Å². The minimum atomic E-state index is -1.06. The predicted molar refractivity (Wildman–Crippen MR) is 163 cm³/mol. The third-order valence-corrected chi connectivity index (χ3v) is 8.14. The first kappa shape index (κ1) is 32.9. The van der Waals surface area contributed by atoms with Gasteiger partial charge in [0.25, 0.3) is 5.91 Å². The normalized spacial score (nSPS) is 21.7. The number of benzene rings is 2. The molecule has 1 saturated heterocycles. The zero-order chi connectivity index (χ0) is 31.5. The summed E-state index contributed by atoms with van der Waals surface area (Å²) in [6, 6.07) is 11.3. The molecule has 11 heteroatoms. The highest BCUT2D eigenvalue weighted by atomic mass is 19.1. The van der Waals surface area contributed by atoms with Gasteiger partial charge in [-0.05, 0) is 67.9 Å². The van der Waals surface area contributed by atoms with E-state index in [1.165, 1.54) is 12.1 Å². The van der Waals surface area contributed by atoms with Crippen LogP contribution in [0.2, 0.25) is 0 Å². The molecule has 4 N–H and O–H groups in total. The van der Waals surface area contributed by atoms with Gasteiger partial charge in [-0.3, -0.25) is 19.2 Å². The minimum absolute atomic E-state index is 0.00146. The Morgan fingerprint density at radius 1 is 1.05 bits per heavy atom. The quantitative estimate of drug-likeness (QED) is 0.397. The number of fused-ring (bicyclic) bond motifs is 1. The largest absolute Gasteiger partial charge is 0.493 e. The third-order valence-electron chi connectivity index (χ3n) is 8.14. The number of carbonyl (C=O) groups is 4. The van der Waals surface area contributed by atoms with Crippen LogP contribution < -0.4 is 26.0 Å². The van der Waals surface area contributed by atoms with Crippen molar-refractivity contribution < 1.29 is 33.0 Å². The summed E-state index contributed by atoms with van der Waals surface area (Å²) in [5.74, 6) is -1.50. The number of amides is 4. The second kappa shape index (κ2) is 15.7.